The summed E-state index contributed by atoms with van der Waals surface area (Å²) in [5, 5.41) is 0. The van der Waals surface area contributed by atoms with Crippen LogP contribution in [0, 0.1) is 5.92 Å². The van der Waals surface area contributed by atoms with Gasteiger partial charge in [-0.2, -0.15) is 18.2 Å². The zero-order valence-corrected chi connectivity index (χ0v) is 18.5. The van der Waals surface area contributed by atoms with Crippen LogP contribution in [0.2, 0.25) is 0 Å². The van der Waals surface area contributed by atoms with Crippen molar-refractivity contribution in [2.45, 2.75) is 44.9 Å². The van der Waals surface area contributed by atoms with Gasteiger partial charge in [-0.1, -0.05) is 0 Å². The SMILES string of the molecule is CC(=O)N1CCN(c2cc(-c3cnc(N)c(C(F)(F)F)c3)nc(N3CC4CC3C4)n2)[C@@H](C)C1. The maximum atomic E-state index is 13.4. The van der Waals surface area contributed by atoms with Gasteiger partial charge in [0.2, 0.25) is 11.9 Å². The largest absolute Gasteiger partial charge is 0.419 e. The van der Waals surface area contributed by atoms with E-state index in [2.05, 4.69) is 19.8 Å². The van der Waals surface area contributed by atoms with Crippen molar-refractivity contribution in [2.75, 3.05) is 41.7 Å². The Bertz CT molecular complexity index is 1090. The standard InChI is InChI=1S/C22H26F3N7O/c1-12-10-30(13(2)33)3-4-31(12)19-8-18(15-7-17(22(23,24)25)20(26)27-9-15)28-21(29-19)32-11-14-5-16(32)6-14/h7-9,12,14,16H,3-6,10-11H2,1-2H3,(H2,26,27)/t12-,14?,16?/m0/s1. The molecule has 3 aliphatic heterocycles. The van der Waals surface area contributed by atoms with Crippen LogP contribution in [-0.4, -0.2) is 64.0 Å². The van der Waals surface area contributed by atoms with Crippen molar-refractivity contribution in [1.29, 1.82) is 0 Å². The van der Waals surface area contributed by atoms with E-state index in [1.165, 1.54) is 6.20 Å². The zero-order valence-electron chi connectivity index (χ0n) is 18.5. The molecule has 2 aromatic rings. The van der Waals surface area contributed by atoms with Gasteiger partial charge in [-0.05, 0) is 31.7 Å². The number of fused-ring (bicyclic) bond motifs is 1. The number of nitrogens with two attached hydrogens (primary N) is 1. The number of hydrogen-bond acceptors (Lipinski definition) is 7. The summed E-state index contributed by atoms with van der Waals surface area (Å²) in [7, 11) is 0. The topological polar surface area (TPSA) is 91.5 Å². The van der Waals surface area contributed by atoms with Crippen LogP contribution in [0.4, 0.5) is 30.8 Å². The van der Waals surface area contributed by atoms with Crippen molar-refractivity contribution >= 4 is 23.5 Å². The molecule has 0 aromatic carbocycles. The number of aromatic nitrogens is 3. The smallest absolute Gasteiger partial charge is 0.383 e. The summed E-state index contributed by atoms with van der Waals surface area (Å²) in [6.45, 7) is 6.11. The molecule has 176 valence electrons. The molecular weight excluding hydrogens is 435 g/mol. The second-order valence-corrected chi connectivity index (χ2v) is 9.22. The van der Waals surface area contributed by atoms with Crippen molar-refractivity contribution < 1.29 is 18.0 Å². The Kier molecular flexibility index (Phi) is 5.09. The highest BCUT2D eigenvalue weighted by Crippen LogP contribution is 2.43. The second kappa shape index (κ2) is 7.74. The Morgan fingerprint density at radius 1 is 1.12 bits per heavy atom. The van der Waals surface area contributed by atoms with Gasteiger partial charge in [0, 0.05) is 63.0 Å². The molecule has 0 spiro atoms. The summed E-state index contributed by atoms with van der Waals surface area (Å²) in [6, 6.07) is 3.08. The molecule has 6 rings (SSSR count). The fourth-order valence-corrected chi connectivity index (χ4v) is 5.05. The first-order chi connectivity index (χ1) is 15.6. The predicted octanol–water partition coefficient (Wildman–Crippen LogP) is 2.80. The van der Waals surface area contributed by atoms with E-state index < -0.39 is 17.6 Å². The molecule has 2 aromatic heterocycles. The van der Waals surface area contributed by atoms with Gasteiger partial charge in [0.15, 0.2) is 0 Å². The molecular formula is C22H26F3N7O. The molecule has 1 amide bonds. The average Bonchev–Trinajstić information content (AvgIpc) is 3.34. The van der Waals surface area contributed by atoms with Gasteiger partial charge in [-0.3, -0.25) is 4.79 Å². The highest BCUT2D eigenvalue weighted by Gasteiger charge is 2.44. The van der Waals surface area contributed by atoms with Gasteiger partial charge in [0.25, 0.3) is 0 Å². The fourth-order valence-electron chi connectivity index (χ4n) is 5.05. The Morgan fingerprint density at radius 3 is 2.48 bits per heavy atom. The first-order valence-electron chi connectivity index (χ1n) is 11.1. The van der Waals surface area contributed by atoms with Crippen LogP contribution < -0.4 is 15.5 Å². The first-order valence-corrected chi connectivity index (χ1v) is 11.1. The number of carbonyl (C=O) groups excluding carboxylic acids is 1. The minimum atomic E-state index is -4.61. The third kappa shape index (κ3) is 3.93. The molecule has 2 bridgehead atoms. The lowest BCUT2D eigenvalue weighted by Crippen LogP contribution is -2.53. The second-order valence-electron chi connectivity index (χ2n) is 9.22. The highest BCUT2D eigenvalue weighted by atomic mass is 19.4. The molecule has 4 aliphatic rings. The molecule has 0 radical (unpaired) electrons. The fraction of sp³-hybridized carbons (Fsp3) is 0.545. The van der Waals surface area contributed by atoms with E-state index in [-0.39, 0.29) is 17.5 Å². The summed E-state index contributed by atoms with van der Waals surface area (Å²) in [6.07, 6.45) is -1.10. The van der Waals surface area contributed by atoms with Crippen LogP contribution in [0.5, 0.6) is 0 Å². The lowest BCUT2D eigenvalue weighted by Gasteiger charge is -2.40. The van der Waals surface area contributed by atoms with Crippen LogP contribution in [0.3, 0.4) is 0 Å². The predicted molar refractivity (Wildman–Crippen MR) is 118 cm³/mol. The number of nitrogens with zero attached hydrogens (tertiary/aromatic N) is 6. The number of alkyl halides is 3. The van der Waals surface area contributed by atoms with Crippen molar-refractivity contribution in [3.8, 4) is 11.3 Å². The summed E-state index contributed by atoms with van der Waals surface area (Å²) in [4.78, 5) is 31.1. The normalized spacial score (nSPS) is 24.8. The van der Waals surface area contributed by atoms with E-state index in [0.717, 1.165) is 25.5 Å². The maximum Gasteiger partial charge on any atom is 0.419 e. The molecule has 4 fully saturated rings. The van der Waals surface area contributed by atoms with Gasteiger partial charge in [-0.15, -0.1) is 0 Å². The van der Waals surface area contributed by atoms with E-state index in [1.54, 1.807) is 17.9 Å². The van der Waals surface area contributed by atoms with Crippen LogP contribution in [-0.2, 0) is 11.0 Å². The van der Waals surface area contributed by atoms with E-state index in [9.17, 15) is 18.0 Å². The van der Waals surface area contributed by atoms with Crippen molar-refractivity contribution in [3.63, 3.8) is 0 Å². The minimum absolute atomic E-state index is 0.000723. The van der Waals surface area contributed by atoms with Crippen molar-refractivity contribution in [3.05, 3.63) is 23.9 Å². The zero-order chi connectivity index (χ0) is 23.5. The van der Waals surface area contributed by atoms with Crippen LogP contribution in [0.15, 0.2) is 18.3 Å². The quantitative estimate of drug-likeness (QED) is 0.752. The molecule has 1 aliphatic carbocycles. The number of hydrogen-bond donors (Lipinski definition) is 1. The summed E-state index contributed by atoms with van der Waals surface area (Å²) in [5.74, 6) is 1.25. The third-order valence-electron chi connectivity index (χ3n) is 6.95. The van der Waals surface area contributed by atoms with E-state index in [0.29, 0.717) is 49.1 Å². The molecule has 11 heteroatoms. The Hall–Kier alpha value is -3.11. The number of halogens is 3. The molecule has 5 heterocycles. The number of piperazine rings is 1. The molecule has 33 heavy (non-hydrogen) atoms. The van der Waals surface area contributed by atoms with E-state index in [1.807, 2.05) is 6.92 Å². The van der Waals surface area contributed by atoms with Crippen LogP contribution >= 0.6 is 0 Å². The first kappa shape index (κ1) is 21.7. The Balaban J connectivity index is 1.55. The molecule has 1 saturated carbocycles. The Morgan fingerprint density at radius 2 is 1.88 bits per heavy atom. The number of pyridine rings is 1. The number of anilines is 3. The minimum Gasteiger partial charge on any atom is -0.383 e. The lowest BCUT2D eigenvalue weighted by molar-refractivity contribution is -0.137. The highest BCUT2D eigenvalue weighted by molar-refractivity contribution is 5.74. The third-order valence-corrected chi connectivity index (χ3v) is 6.95. The van der Waals surface area contributed by atoms with Gasteiger partial charge < -0.3 is 20.4 Å². The Labute approximate surface area is 189 Å². The van der Waals surface area contributed by atoms with Crippen LogP contribution in [0.25, 0.3) is 11.3 Å². The van der Waals surface area contributed by atoms with Crippen molar-refractivity contribution in [1.82, 2.24) is 19.9 Å². The number of amides is 1. The monoisotopic (exact) mass is 461 g/mol. The molecule has 0 unspecified atom stereocenters. The molecule has 2 N–H and O–H groups in total. The average molecular weight is 461 g/mol. The van der Waals surface area contributed by atoms with Gasteiger partial charge in [0.1, 0.15) is 11.6 Å². The number of carbonyl (C=O) groups is 1. The van der Waals surface area contributed by atoms with E-state index >= 15 is 0 Å². The number of nitrogen functional groups attached to an aromatic ring is 1. The van der Waals surface area contributed by atoms with E-state index in [4.69, 9.17) is 10.7 Å². The summed E-state index contributed by atoms with van der Waals surface area (Å²) in [5.41, 5.74) is 5.13. The number of rotatable bonds is 3. The van der Waals surface area contributed by atoms with Gasteiger partial charge in [0.05, 0.1) is 11.3 Å². The molecule has 1 atom stereocenters. The van der Waals surface area contributed by atoms with Gasteiger partial charge in [-0.25, -0.2) is 9.97 Å². The molecule has 3 saturated heterocycles. The summed E-state index contributed by atoms with van der Waals surface area (Å²) < 4.78 is 40.3. The molecule has 8 nitrogen and oxygen atoms in total. The maximum absolute atomic E-state index is 13.4. The van der Waals surface area contributed by atoms with Gasteiger partial charge >= 0.3 is 6.18 Å². The van der Waals surface area contributed by atoms with Crippen molar-refractivity contribution in [2.24, 2.45) is 5.92 Å². The summed E-state index contributed by atoms with van der Waals surface area (Å²) >= 11 is 0. The van der Waals surface area contributed by atoms with Crippen LogP contribution in [0.1, 0.15) is 32.3 Å². The lowest BCUT2D eigenvalue weighted by atomic mass is 9.86.